The number of aryl methyl sites for hydroxylation is 1. The van der Waals surface area contributed by atoms with Crippen molar-refractivity contribution in [3.63, 3.8) is 0 Å². The number of carbonyl (C=O) groups is 1. The highest BCUT2D eigenvalue weighted by Gasteiger charge is 2.04. The quantitative estimate of drug-likeness (QED) is 0.730. The normalized spacial score (nSPS) is 12.4. The molecule has 0 aliphatic heterocycles. The van der Waals surface area contributed by atoms with Gasteiger partial charge in [0.05, 0.1) is 12.4 Å². The fraction of sp³-hybridized carbons (Fsp3) is 0.500. The van der Waals surface area contributed by atoms with Crippen LogP contribution in [0.4, 0.5) is 0 Å². The zero-order chi connectivity index (χ0) is 10.4. The van der Waals surface area contributed by atoms with Crippen molar-refractivity contribution in [2.24, 2.45) is 0 Å². The van der Waals surface area contributed by atoms with Gasteiger partial charge in [0.1, 0.15) is 5.76 Å². The summed E-state index contributed by atoms with van der Waals surface area (Å²) >= 11 is 0. The third-order valence-corrected chi connectivity index (χ3v) is 1.77. The molecule has 0 aromatic carbocycles. The number of aliphatic hydroxyl groups excluding tert-OH is 1. The number of hydrogen-bond donors (Lipinski definition) is 2. The highest BCUT2D eigenvalue weighted by molar-refractivity contribution is 5.76. The molecule has 0 fully saturated rings. The molecule has 0 unspecified atom stereocenters. The monoisotopic (exact) mass is 197 g/mol. The van der Waals surface area contributed by atoms with Crippen LogP contribution in [0.2, 0.25) is 0 Å². The maximum atomic E-state index is 11.2. The summed E-state index contributed by atoms with van der Waals surface area (Å²) in [6.45, 7) is 1.93. The van der Waals surface area contributed by atoms with Crippen LogP contribution in [0.3, 0.4) is 0 Å². The van der Waals surface area contributed by atoms with Crippen LogP contribution in [0.1, 0.15) is 19.1 Å². The molecule has 4 heteroatoms. The SMILES string of the molecule is C[C@@H](O)CNC(=O)CCc1ccco1. The minimum absolute atomic E-state index is 0.0673. The number of hydrogen-bond acceptors (Lipinski definition) is 3. The molecule has 1 amide bonds. The molecule has 0 saturated heterocycles. The Morgan fingerprint density at radius 1 is 1.71 bits per heavy atom. The second kappa shape index (κ2) is 5.44. The Morgan fingerprint density at radius 3 is 3.07 bits per heavy atom. The Kier molecular flexibility index (Phi) is 4.19. The topological polar surface area (TPSA) is 62.5 Å². The van der Waals surface area contributed by atoms with Crippen molar-refractivity contribution >= 4 is 5.91 Å². The molecule has 2 N–H and O–H groups in total. The van der Waals surface area contributed by atoms with E-state index in [1.165, 1.54) is 0 Å². The minimum atomic E-state index is -0.498. The van der Waals surface area contributed by atoms with Gasteiger partial charge < -0.3 is 14.8 Å². The van der Waals surface area contributed by atoms with Gasteiger partial charge in [-0.1, -0.05) is 0 Å². The third kappa shape index (κ3) is 4.09. The number of carbonyl (C=O) groups excluding carboxylic acids is 1. The molecule has 1 aromatic rings. The molecular formula is C10H15NO3. The molecule has 1 aromatic heterocycles. The zero-order valence-electron chi connectivity index (χ0n) is 8.19. The van der Waals surface area contributed by atoms with Crippen LogP contribution in [0.25, 0.3) is 0 Å². The average Bonchev–Trinajstić information content (AvgIpc) is 2.63. The molecule has 4 nitrogen and oxygen atoms in total. The molecule has 1 atom stereocenters. The molecular weight excluding hydrogens is 182 g/mol. The Bertz CT molecular complexity index is 267. The first-order chi connectivity index (χ1) is 6.68. The number of nitrogens with one attached hydrogen (secondary N) is 1. The van der Waals surface area contributed by atoms with E-state index >= 15 is 0 Å². The highest BCUT2D eigenvalue weighted by atomic mass is 16.3. The van der Waals surface area contributed by atoms with Gasteiger partial charge in [0.25, 0.3) is 0 Å². The van der Waals surface area contributed by atoms with Gasteiger partial charge in [-0.2, -0.15) is 0 Å². The van der Waals surface area contributed by atoms with Crippen molar-refractivity contribution in [1.29, 1.82) is 0 Å². The fourth-order valence-electron chi connectivity index (χ4n) is 1.04. The zero-order valence-corrected chi connectivity index (χ0v) is 8.19. The van der Waals surface area contributed by atoms with Crippen molar-refractivity contribution in [3.05, 3.63) is 24.2 Å². The van der Waals surface area contributed by atoms with Crippen molar-refractivity contribution in [3.8, 4) is 0 Å². The summed E-state index contributed by atoms with van der Waals surface area (Å²) in [5.74, 6) is 0.736. The molecule has 0 saturated carbocycles. The van der Waals surface area contributed by atoms with Crippen LogP contribution in [-0.2, 0) is 11.2 Å². The number of amides is 1. The first-order valence-corrected chi connectivity index (χ1v) is 4.65. The van der Waals surface area contributed by atoms with Crippen LogP contribution in [0, 0.1) is 0 Å². The van der Waals surface area contributed by atoms with E-state index in [0.717, 1.165) is 5.76 Å². The summed E-state index contributed by atoms with van der Waals surface area (Å²) in [6.07, 6.45) is 2.07. The lowest BCUT2D eigenvalue weighted by Gasteiger charge is -2.05. The lowest BCUT2D eigenvalue weighted by atomic mass is 10.2. The van der Waals surface area contributed by atoms with Crippen LogP contribution in [0.5, 0.6) is 0 Å². The standard InChI is InChI=1S/C10H15NO3/c1-8(12)7-11-10(13)5-4-9-3-2-6-14-9/h2-3,6,8,12H,4-5,7H2,1H3,(H,11,13)/t8-/m1/s1. The predicted molar refractivity (Wildman–Crippen MR) is 51.7 cm³/mol. The van der Waals surface area contributed by atoms with E-state index in [0.29, 0.717) is 19.4 Å². The smallest absolute Gasteiger partial charge is 0.220 e. The molecule has 0 aliphatic carbocycles. The van der Waals surface area contributed by atoms with Crippen LogP contribution in [0.15, 0.2) is 22.8 Å². The first kappa shape index (κ1) is 10.8. The summed E-state index contributed by atoms with van der Waals surface area (Å²) in [7, 11) is 0. The van der Waals surface area contributed by atoms with E-state index in [1.54, 1.807) is 19.3 Å². The molecule has 0 aliphatic rings. The third-order valence-electron chi connectivity index (χ3n) is 1.77. The van der Waals surface area contributed by atoms with Gasteiger partial charge in [-0.15, -0.1) is 0 Å². The molecule has 0 spiro atoms. The van der Waals surface area contributed by atoms with E-state index in [9.17, 15) is 4.79 Å². The predicted octanol–water partition coefficient (Wildman–Crippen LogP) is 0.709. The van der Waals surface area contributed by atoms with Gasteiger partial charge in [0, 0.05) is 19.4 Å². The summed E-state index contributed by atoms with van der Waals surface area (Å²) < 4.78 is 5.08. The maximum absolute atomic E-state index is 11.2. The summed E-state index contributed by atoms with van der Waals surface area (Å²) in [5.41, 5.74) is 0. The lowest BCUT2D eigenvalue weighted by Crippen LogP contribution is -2.30. The molecule has 14 heavy (non-hydrogen) atoms. The van der Waals surface area contributed by atoms with E-state index in [-0.39, 0.29) is 5.91 Å². The Hall–Kier alpha value is -1.29. The van der Waals surface area contributed by atoms with E-state index in [4.69, 9.17) is 9.52 Å². The van der Waals surface area contributed by atoms with Crippen LogP contribution in [-0.4, -0.2) is 23.7 Å². The molecule has 1 heterocycles. The first-order valence-electron chi connectivity index (χ1n) is 4.65. The summed E-state index contributed by atoms with van der Waals surface area (Å²) in [6, 6.07) is 3.63. The number of aliphatic hydroxyl groups is 1. The summed E-state index contributed by atoms with van der Waals surface area (Å²) in [4.78, 5) is 11.2. The van der Waals surface area contributed by atoms with Crippen LogP contribution < -0.4 is 5.32 Å². The number of furan rings is 1. The van der Waals surface area contributed by atoms with Gasteiger partial charge in [-0.05, 0) is 19.1 Å². The van der Waals surface area contributed by atoms with Gasteiger partial charge in [-0.25, -0.2) is 0 Å². The largest absolute Gasteiger partial charge is 0.469 e. The number of rotatable bonds is 5. The van der Waals surface area contributed by atoms with Crippen molar-refractivity contribution in [2.45, 2.75) is 25.9 Å². The van der Waals surface area contributed by atoms with Crippen molar-refractivity contribution in [1.82, 2.24) is 5.32 Å². The van der Waals surface area contributed by atoms with E-state index in [1.807, 2.05) is 6.07 Å². The lowest BCUT2D eigenvalue weighted by molar-refractivity contribution is -0.121. The Balaban J connectivity index is 2.15. The molecule has 0 radical (unpaired) electrons. The summed E-state index contributed by atoms with van der Waals surface area (Å²) in [5, 5.41) is 11.5. The van der Waals surface area contributed by atoms with Gasteiger partial charge in [0.2, 0.25) is 5.91 Å². The fourth-order valence-corrected chi connectivity index (χ4v) is 1.04. The second-order valence-electron chi connectivity index (χ2n) is 3.23. The van der Waals surface area contributed by atoms with E-state index in [2.05, 4.69) is 5.32 Å². The Morgan fingerprint density at radius 2 is 2.50 bits per heavy atom. The average molecular weight is 197 g/mol. The minimum Gasteiger partial charge on any atom is -0.469 e. The van der Waals surface area contributed by atoms with Gasteiger partial charge in [0.15, 0.2) is 0 Å². The maximum Gasteiger partial charge on any atom is 0.220 e. The van der Waals surface area contributed by atoms with Gasteiger partial charge >= 0.3 is 0 Å². The molecule has 1 rings (SSSR count). The second-order valence-corrected chi connectivity index (χ2v) is 3.23. The van der Waals surface area contributed by atoms with Crippen molar-refractivity contribution < 1.29 is 14.3 Å². The van der Waals surface area contributed by atoms with Crippen LogP contribution >= 0.6 is 0 Å². The van der Waals surface area contributed by atoms with Crippen molar-refractivity contribution in [2.75, 3.05) is 6.54 Å². The highest BCUT2D eigenvalue weighted by Crippen LogP contribution is 2.02. The Labute approximate surface area is 82.9 Å². The molecule has 78 valence electrons. The molecule has 0 bridgehead atoms. The van der Waals surface area contributed by atoms with E-state index < -0.39 is 6.10 Å². The van der Waals surface area contributed by atoms with Gasteiger partial charge in [-0.3, -0.25) is 4.79 Å².